The van der Waals surface area contributed by atoms with E-state index in [9.17, 15) is 19.2 Å². The van der Waals surface area contributed by atoms with Crippen LogP contribution in [-0.4, -0.2) is 60.5 Å². The van der Waals surface area contributed by atoms with Crippen LogP contribution in [0.25, 0.3) is 0 Å². The molecular weight excluding hydrogens is 635 g/mol. The Morgan fingerprint density at radius 3 is 2.18 bits per heavy atom. The summed E-state index contributed by atoms with van der Waals surface area (Å²) in [6, 6.07) is 0. The van der Waals surface area contributed by atoms with Gasteiger partial charge in [0.05, 0.1) is 6.61 Å². The molecule has 0 aromatic carbocycles. The van der Waals surface area contributed by atoms with E-state index in [1.807, 2.05) is 0 Å². The van der Waals surface area contributed by atoms with E-state index >= 15 is 0 Å². The summed E-state index contributed by atoms with van der Waals surface area (Å²) in [6.45, 7) is 18.2. The zero-order chi connectivity index (χ0) is 34.8. The van der Waals surface area contributed by atoms with Gasteiger partial charge in [-0.25, -0.2) is 14.4 Å². The number of cyclic esters (lactones) is 1. The van der Waals surface area contributed by atoms with Gasteiger partial charge in [-0.15, -0.1) is 0 Å². The molecule has 4 unspecified atom stereocenters. The molecule has 2 aliphatic heterocycles. The number of Topliss-reactive ketones (excluding diaryl/α,β-unsaturated/α-hetero) is 1. The van der Waals surface area contributed by atoms with E-state index in [1.165, 1.54) is 44.9 Å². The second-order valence-electron chi connectivity index (χ2n) is 17.9. The summed E-state index contributed by atoms with van der Waals surface area (Å²) in [5, 5.41) is 0. The summed E-state index contributed by atoms with van der Waals surface area (Å²) in [6.07, 6.45) is 8.54. The Morgan fingerprint density at radius 2 is 1.51 bits per heavy atom. The molecule has 270 valence electrons. The van der Waals surface area contributed by atoms with E-state index < -0.39 is 47.8 Å². The third-order valence-corrected chi connectivity index (χ3v) is 14.6. The van der Waals surface area contributed by atoms with Gasteiger partial charge in [0.15, 0.2) is 11.9 Å². The Balaban J connectivity index is 0.00000468. The third kappa shape index (κ3) is 7.45. The van der Waals surface area contributed by atoms with Crippen LogP contribution in [0.5, 0.6) is 0 Å². The number of hydrogen-bond acceptors (Lipinski definition) is 9. The molecule has 4 aliphatic carbocycles. The van der Waals surface area contributed by atoms with Crippen molar-refractivity contribution < 1.29 is 72.4 Å². The monoisotopic (exact) mass is 695 g/mol. The van der Waals surface area contributed by atoms with Gasteiger partial charge in [-0.2, -0.15) is 0 Å². The van der Waals surface area contributed by atoms with E-state index in [-0.39, 0.29) is 47.7 Å². The fourth-order valence-electron chi connectivity index (χ4n) is 11.5. The average Bonchev–Trinajstić information content (AvgIpc) is 3.67. The van der Waals surface area contributed by atoms with Crippen LogP contribution in [-0.2, 0) is 42.9 Å². The van der Waals surface area contributed by atoms with Gasteiger partial charge in [0.1, 0.15) is 12.2 Å². The number of carbonyl (C=O) groups is 4. The number of ether oxygens (including phenoxy) is 5. The molecule has 0 aromatic heterocycles. The molecule has 0 bridgehead atoms. The van der Waals surface area contributed by atoms with Crippen molar-refractivity contribution in [2.75, 3.05) is 6.61 Å². The van der Waals surface area contributed by atoms with Crippen LogP contribution < -0.4 is 29.6 Å². The van der Waals surface area contributed by atoms with Crippen molar-refractivity contribution in [1.29, 1.82) is 0 Å². The minimum absolute atomic E-state index is 0. The SMILES string of the molecule is CC(C)C(C)CC[C@H](C)[C@H]1CC[C@H]2[C@@H]3CC[C@H]4C[C@@H](OC(=O)C(=O)OC5C(=O)OC(C6COC(C)(C)O6)C5=O)CC[C@]4(C)[C@H]3CC[C@]12C.[Na+]. The summed E-state index contributed by atoms with van der Waals surface area (Å²) in [5.41, 5.74) is 0.652. The predicted octanol–water partition coefficient (Wildman–Crippen LogP) is 3.83. The van der Waals surface area contributed by atoms with Crippen LogP contribution in [0.1, 0.15) is 126 Å². The first-order chi connectivity index (χ1) is 22.5. The first-order valence-electron chi connectivity index (χ1n) is 19.0. The Morgan fingerprint density at radius 1 is 0.837 bits per heavy atom. The standard InChI is InChI=1S/C39H60O9.Na/c1-21(2)22(3)9-10-23(4)27-13-14-28-26-12-11-24-19-25(15-17-38(24,7)29(26)16-18-39(27,28)8)45-35(42)36(43)47-33-31(40)32(46-34(33)41)30-20-44-37(5,6)48-30;/h21-30,32-33H,9-20H2,1-8H3;/q;+1/t22?,23-,24-,25-,26-,27+,28-,29-,30?,32?,33?,38-,39+;/m0./s1. The van der Waals surface area contributed by atoms with E-state index in [2.05, 4.69) is 41.5 Å². The summed E-state index contributed by atoms with van der Waals surface area (Å²) in [5.74, 6) is 0.636. The van der Waals surface area contributed by atoms with Gasteiger partial charge in [0, 0.05) is 0 Å². The third-order valence-electron chi connectivity index (χ3n) is 14.6. The fourth-order valence-corrected chi connectivity index (χ4v) is 11.5. The molecule has 0 radical (unpaired) electrons. The smallest absolute Gasteiger partial charge is 0.454 e. The molecule has 0 aromatic rings. The van der Waals surface area contributed by atoms with Crippen molar-refractivity contribution in [2.24, 2.45) is 58.2 Å². The molecule has 0 N–H and O–H groups in total. The molecular formula is C39H60NaO9+. The number of ketones is 1. The maximum absolute atomic E-state index is 12.9. The quantitative estimate of drug-likeness (QED) is 0.123. The first kappa shape index (κ1) is 39.2. The molecule has 2 saturated heterocycles. The number of rotatable bonds is 8. The summed E-state index contributed by atoms with van der Waals surface area (Å²) in [4.78, 5) is 50.9. The van der Waals surface area contributed by atoms with Gasteiger partial charge in [0.25, 0.3) is 6.10 Å². The van der Waals surface area contributed by atoms with E-state index in [0.717, 1.165) is 54.8 Å². The molecule has 6 aliphatic rings. The van der Waals surface area contributed by atoms with Gasteiger partial charge < -0.3 is 23.7 Å². The van der Waals surface area contributed by atoms with Crippen LogP contribution in [0.3, 0.4) is 0 Å². The molecule has 0 amide bonds. The Labute approximate surface area is 315 Å². The van der Waals surface area contributed by atoms with Gasteiger partial charge >= 0.3 is 47.5 Å². The van der Waals surface area contributed by atoms with Crippen molar-refractivity contribution in [1.82, 2.24) is 0 Å². The summed E-state index contributed by atoms with van der Waals surface area (Å²) in [7, 11) is 0. The molecule has 49 heavy (non-hydrogen) atoms. The van der Waals surface area contributed by atoms with Crippen LogP contribution in [0.15, 0.2) is 0 Å². The molecule has 6 fully saturated rings. The molecule has 9 nitrogen and oxygen atoms in total. The van der Waals surface area contributed by atoms with Gasteiger partial charge in [-0.05, 0) is 130 Å². The Hall–Kier alpha value is -1.000. The molecule has 4 saturated carbocycles. The van der Waals surface area contributed by atoms with Crippen molar-refractivity contribution in [3.05, 3.63) is 0 Å². The normalized spacial score (nSPS) is 42.3. The number of carbonyl (C=O) groups excluding carboxylic acids is 4. The predicted molar refractivity (Wildman–Crippen MR) is 177 cm³/mol. The minimum atomic E-state index is -1.81. The second-order valence-corrected chi connectivity index (χ2v) is 17.9. The Kier molecular flexibility index (Phi) is 11.8. The molecule has 6 rings (SSSR count). The van der Waals surface area contributed by atoms with Crippen molar-refractivity contribution in [3.8, 4) is 0 Å². The topological polar surface area (TPSA) is 114 Å². The van der Waals surface area contributed by atoms with Crippen LogP contribution in [0.4, 0.5) is 0 Å². The fraction of sp³-hybridized carbons (Fsp3) is 0.897. The first-order valence-corrected chi connectivity index (χ1v) is 19.0. The second kappa shape index (κ2) is 14.8. The molecule has 10 heteroatoms. The van der Waals surface area contributed by atoms with Crippen LogP contribution in [0, 0.1) is 58.2 Å². The van der Waals surface area contributed by atoms with Crippen LogP contribution >= 0.6 is 0 Å². The number of fused-ring (bicyclic) bond motifs is 5. The largest absolute Gasteiger partial charge is 1.00 e. The molecule has 0 spiro atoms. The van der Waals surface area contributed by atoms with Crippen molar-refractivity contribution >= 4 is 23.7 Å². The maximum Gasteiger partial charge on any atom is 1.00 e. The number of hydrogen-bond donors (Lipinski definition) is 0. The summed E-state index contributed by atoms with van der Waals surface area (Å²) < 4.78 is 27.0. The average molecular weight is 696 g/mol. The van der Waals surface area contributed by atoms with Gasteiger partial charge in [-0.1, -0.05) is 54.4 Å². The molecule has 13 atom stereocenters. The van der Waals surface area contributed by atoms with Gasteiger partial charge in [0.2, 0.25) is 5.78 Å². The van der Waals surface area contributed by atoms with E-state index in [0.29, 0.717) is 23.7 Å². The summed E-state index contributed by atoms with van der Waals surface area (Å²) >= 11 is 0. The van der Waals surface area contributed by atoms with Crippen LogP contribution in [0.2, 0.25) is 0 Å². The zero-order valence-electron chi connectivity index (χ0n) is 31.6. The maximum atomic E-state index is 12.9. The van der Waals surface area contributed by atoms with Crippen molar-refractivity contribution in [2.45, 2.75) is 156 Å². The van der Waals surface area contributed by atoms with Gasteiger partial charge in [-0.3, -0.25) is 4.79 Å². The Bertz CT molecular complexity index is 1270. The van der Waals surface area contributed by atoms with Crippen molar-refractivity contribution in [3.63, 3.8) is 0 Å². The molecule has 2 heterocycles. The van der Waals surface area contributed by atoms with E-state index in [4.69, 9.17) is 23.7 Å². The minimum Gasteiger partial charge on any atom is -0.454 e. The number of esters is 3. The zero-order valence-corrected chi connectivity index (χ0v) is 33.6. The van der Waals surface area contributed by atoms with E-state index in [1.54, 1.807) is 13.8 Å².